The van der Waals surface area contributed by atoms with E-state index in [0.717, 1.165) is 24.4 Å². The summed E-state index contributed by atoms with van der Waals surface area (Å²) in [6.45, 7) is 0. The van der Waals surface area contributed by atoms with Crippen LogP contribution in [-0.2, 0) is 7.05 Å². The molecular weight excluding hydrogens is 210 g/mol. The van der Waals surface area contributed by atoms with E-state index in [-0.39, 0.29) is 11.4 Å². The number of thioether (sulfide) groups is 1. The van der Waals surface area contributed by atoms with Crippen LogP contribution in [0.1, 0.15) is 32.1 Å². The van der Waals surface area contributed by atoms with Crippen LogP contribution in [-0.4, -0.2) is 31.2 Å². The van der Waals surface area contributed by atoms with Gasteiger partial charge in [0.15, 0.2) is 5.16 Å². The van der Waals surface area contributed by atoms with E-state index in [0.29, 0.717) is 0 Å². The Bertz CT molecular complexity index is 315. The predicted molar refractivity (Wildman–Crippen MR) is 59.7 cm³/mol. The van der Waals surface area contributed by atoms with Crippen LogP contribution < -0.4 is 0 Å². The minimum atomic E-state index is -0.186. The number of hydrogen-bond donors (Lipinski definition) is 1. The van der Waals surface area contributed by atoms with Crippen molar-refractivity contribution in [3.05, 3.63) is 6.33 Å². The van der Waals surface area contributed by atoms with Crippen LogP contribution in [0.3, 0.4) is 0 Å². The van der Waals surface area contributed by atoms with Crippen LogP contribution in [0.15, 0.2) is 11.5 Å². The second-order valence-electron chi connectivity index (χ2n) is 4.03. The van der Waals surface area contributed by atoms with E-state index in [1.807, 2.05) is 7.05 Å². The number of nitrogens with zero attached hydrogens (tertiary/aromatic N) is 3. The highest BCUT2D eigenvalue weighted by Gasteiger charge is 2.23. The molecule has 1 aromatic heterocycles. The predicted octanol–water partition coefficient (Wildman–Crippen LogP) is 1.60. The Hall–Kier alpha value is -0.550. The number of aromatic nitrogens is 3. The highest BCUT2D eigenvalue weighted by Crippen LogP contribution is 2.31. The molecule has 2 rings (SSSR count). The molecule has 1 fully saturated rings. The first-order valence-corrected chi connectivity index (χ1v) is 6.34. The summed E-state index contributed by atoms with van der Waals surface area (Å²) in [6.07, 6.45) is 6.99. The first-order valence-electron chi connectivity index (χ1n) is 5.46. The zero-order chi connectivity index (χ0) is 10.7. The van der Waals surface area contributed by atoms with Crippen molar-refractivity contribution >= 4 is 11.8 Å². The first-order chi connectivity index (χ1) is 7.27. The molecule has 15 heavy (non-hydrogen) atoms. The molecule has 4 nitrogen and oxygen atoms in total. The van der Waals surface area contributed by atoms with E-state index >= 15 is 0 Å². The normalized spacial score (nSPS) is 27.6. The third-order valence-electron chi connectivity index (χ3n) is 2.84. The smallest absolute Gasteiger partial charge is 0.186 e. The molecule has 1 aliphatic rings. The molecule has 0 aliphatic heterocycles. The van der Waals surface area contributed by atoms with Gasteiger partial charge in [0, 0.05) is 12.3 Å². The Kier molecular flexibility index (Phi) is 3.64. The second-order valence-corrected chi connectivity index (χ2v) is 5.23. The van der Waals surface area contributed by atoms with Gasteiger partial charge in [-0.1, -0.05) is 31.0 Å². The molecule has 0 radical (unpaired) electrons. The first kappa shape index (κ1) is 11.0. The third kappa shape index (κ3) is 2.72. The number of aryl methyl sites for hydroxylation is 1. The van der Waals surface area contributed by atoms with Crippen molar-refractivity contribution in [2.45, 2.75) is 48.6 Å². The molecule has 0 aromatic carbocycles. The van der Waals surface area contributed by atoms with Crippen LogP contribution in [0.2, 0.25) is 0 Å². The summed E-state index contributed by atoms with van der Waals surface area (Å²) in [5.74, 6) is 0. The average molecular weight is 227 g/mol. The lowest BCUT2D eigenvalue weighted by molar-refractivity contribution is 0.163. The van der Waals surface area contributed by atoms with Crippen LogP contribution in [0, 0.1) is 0 Å². The molecule has 1 aromatic rings. The van der Waals surface area contributed by atoms with Gasteiger partial charge in [0.25, 0.3) is 0 Å². The summed E-state index contributed by atoms with van der Waals surface area (Å²) in [6, 6.07) is 0. The van der Waals surface area contributed by atoms with Crippen molar-refractivity contribution < 1.29 is 5.11 Å². The van der Waals surface area contributed by atoms with Crippen molar-refractivity contribution in [3.63, 3.8) is 0 Å². The molecule has 1 saturated carbocycles. The Labute approximate surface area is 94.1 Å². The second kappa shape index (κ2) is 4.99. The maximum Gasteiger partial charge on any atom is 0.186 e. The summed E-state index contributed by atoms with van der Waals surface area (Å²) in [4.78, 5) is 4.18. The molecule has 0 amide bonds. The summed E-state index contributed by atoms with van der Waals surface area (Å²) < 4.78 is 1.77. The SMILES string of the molecule is Cn1ncnc1SC1CCCCCC1O. The fourth-order valence-corrected chi connectivity index (χ4v) is 3.08. The van der Waals surface area contributed by atoms with E-state index in [9.17, 15) is 5.11 Å². The summed E-state index contributed by atoms with van der Waals surface area (Å²) in [5, 5.41) is 15.2. The standard InChI is InChI=1S/C10H17N3OS/c1-13-10(11-7-12-13)15-9-6-4-2-3-5-8(9)14/h7-9,14H,2-6H2,1H3. The molecule has 2 atom stereocenters. The fraction of sp³-hybridized carbons (Fsp3) is 0.800. The molecule has 1 aliphatic carbocycles. The number of rotatable bonds is 2. The number of hydrogen-bond acceptors (Lipinski definition) is 4. The Morgan fingerprint density at radius 3 is 2.93 bits per heavy atom. The minimum absolute atomic E-state index is 0.186. The van der Waals surface area contributed by atoms with Gasteiger partial charge in [-0.3, -0.25) is 0 Å². The molecule has 0 spiro atoms. The fourth-order valence-electron chi connectivity index (χ4n) is 1.92. The van der Waals surface area contributed by atoms with E-state index in [1.54, 1.807) is 22.8 Å². The molecule has 1 N–H and O–H groups in total. The van der Waals surface area contributed by atoms with E-state index < -0.39 is 0 Å². The van der Waals surface area contributed by atoms with Crippen LogP contribution >= 0.6 is 11.8 Å². The van der Waals surface area contributed by atoms with Crippen LogP contribution in [0.5, 0.6) is 0 Å². The molecule has 1 heterocycles. The molecule has 0 saturated heterocycles. The maximum atomic E-state index is 9.96. The highest BCUT2D eigenvalue weighted by atomic mass is 32.2. The van der Waals surface area contributed by atoms with Crippen molar-refractivity contribution in [2.75, 3.05) is 0 Å². The molecular formula is C10H17N3OS. The van der Waals surface area contributed by atoms with Crippen LogP contribution in [0.25, 0.3) is 0 Å². The zero-order valence-electron chi connectivity index (χ0n) is 8.96. The monoisotopic (exact) mass is 227 g/mol. The van der Waals surface area contributed by atoms with Crippen molar-refractivity contribution in [3.8, 4) is 0 Å². The quantitative estimate of drug-likeness (QED) is 0.780. The lowest BCUT2D eigenvalue weighted by atomic mass is 10.1. The summed E-state index contributed by atoms with van der Waals surface area (Å²) in [5.41, 5.74) is 0. The Balaban J connectivity index is 2.00. The van der Waals surface area contributed by atoms with Crippen molar-refractivity contribution in [2.24, 2.45) is 7.05 Å². The molecule has 84 valence electrons. The van der Waals surface area contributed by atoms with Gasteiger partial charge in [-0.05, 0) is 12.8 Å². The Morgan fingerprint density at radius 1 is 1.40 bits per heavy atom. The summed E-state index contributed by atoms with van der Waals surface area (Å²) in [7, 11) is 1.89. The number of aliphatic hydroxyl groups excluding tert-OH is 1. The van der Waals surface area contributed by atoms with Gasteiger partial charge in [-0.25, -0.2) is 9.67 Å². The summed E-state index contributed by atoms with van der Waals surface area (Å²) >= 11 is 1.66. The van der Waals surface area contributed by atoms with Gasteiger partial charge in [-0.15, -0.1) is 0 Å². The van der Waals surface area contributed by atoms with Gasteiger partial charge < -0.3 is 5.11 Å². The van der Waals surface area contributed by atoms with Gasteiger partial charge in [0.1, 0.15) is 6.33 Å². The molecule has 5 heteroatoms. The highest BCUT2D eigenvalue weighted by molar-refractivity contribution is 7.99. The minimum Gasteiger partial charge on any atom is -0.392 e. The largest absolute Gasteiger partial charge is 0.392 e. The van der Waals surface area contributed by atoms with Crippen molar-refractivity contribution in [1.29, 1.82) is 0 Å². The molecule has 2 unspecified atom stereocenters. The van der Waals surface area contributed by atoms with E-state index in [1.165, 1.54) is 12.8 Å². The van der Waals surface area contributed by atoms with E-state index in [2.05, 4.69) is 10.1 Å². The van der Waals surface area contributed by atoms with Gasteiger partial charge in [0.2, 0.25) is 0 Å². The molecule has 0 bridgehead atoms. The van der Waals surface area contributed by atoms with Gasteiger partial charge >= 0.3 is 0 Å². The van der Waals surface area contributed by atoms with Gasteiger partial charge in [-0.2, -0.15) is 5.10 Å². The number of aliphatic hydroxyl groups is 1. The van der Waals surface area contributed by atoms with E-state index in [4.69, 9.17) is 0 Å². The van der Waals surface area contributed by atoms with Crippen molar-refractivity contribution in [1.82, 2.24) is 14.8 Å². The van der Waals surface area contributed by atoms with Crippen LogP contribution in [0.4, 0.5) is 0 Å². The topological polar surface area (TPSA) is 50.9 Å². The zero-order valence-corrected chi connectivity index (χ0v) is 9.78. The lowest BCUT2D eigenvalue weighted by Gasteiger charge is -2.18. The average Bonchev–Trinajstić information content (AvgIpc) is 2.50. The lowest BCUT2D eigenvalue weighted by Crippen LogP contribution is -2.21. The third-order valence-corrected chi connectivity index (χ3v) is 4.28. The van der Waals surface area contributed by atoms with Gasteiger partial charge in [0.05, 0.1) is 6.10 Å². The maximum absolute atomic E-state index is 9.96. The Morgan fingerprint density at radius 2 is 2.20 bits per heavy atom.